The summed E-state index contributed by atoms with van der Waals surface area (Å²) >= 11 is 0. The van der Waals surface area contributed by atoms with Crippen molar-refractivity contribution in [1.29, 1.82) is 0 Å². The first kappa shape index (κ1) is 20.0. The van der Waals surface area contributed by atoms with Crippen molar-refractivity contribution in [1.82, 2.24) is 20.1 Å². The van der Waals surface area contributed by atoms with Gasteiger partial charge in [0.2, 0.25) is 0 Å². The number of carbonyl (C=O) groups excluding carboxylic acids is 3. The first-order valence-corrected chi connectivity index (χ1v) is 9.03. The van der Waals surface area contributed by atoms with Crippen LogP contribution in [0.25, 0.3) is 22.3 Å². The molecule has 0 aliphatic carbocycles. The van der Waals surface area contributed by atoms with E-state index in [1.54, 1.807) is 16.9 Å². The van der Waals surface area contributed by atoms with E-state index in [-0.39, 0.29) is 11.6 Å². The van der Waals surface area contributed by atoms with E-state index in [0.29, 0.717) is 16.7 Å². The van der Waals surface area contributed by atoms with Gasteiger partial charge in [0.05, 0.1) is 22.8 Å². The summed E-state index contributed by atoms with van der Waals surface area (Å²) in [4.78, 5) is 40.2. The molecule has 9 nitrogen and oxygen atoms in total. The van der Waals surface area contributed by atoms with E-state index in [1.807, 2.05) is 49.5 Å². The van der Waals surface area contributed by atoms with Crippen molar-refractivity contribution in [3.8, 4) is 11.3 Å². The molecule has 3 rings (SSSR count). The van der Waals surface area contributed by atoms with Crippen molar-refractivity contribution in [3.05, 3.63) is 48.2 Å². The van der Waals surface area contributed by atoms with Gasteiger partial charge in [0.25, 0.3) is 5.91 Å². The van der Waals surface area contributed by atoms with Gasteiger partial charge in [-0.2, -0.15) is 5.10 Å². The second-order valence-corrected chi connectivity index (χ2v) is 6.74. The number of primary amides is 1. The van der Waals surface area contributed by atoms with Gasteiger partial charge in [-0.25, -0.2) is 19.3 Å². The number of urea groups is 1. The van der Waals surface area contributed by atoms with E-state index >= 15 is 0 Å². The Morgan fingerprint density at radius 1 is 1.14 bits per heavy atom. The second-order valence-electron chi connectivity index (χ2n) is 6.74. The lowest BCUT2D eigenvalue weighted by molar-refractivity contribution is -0.127. The molecule has 0 unspecified atom stereocenters. The summed E-state index contributed by atoms with van der Waals surface area (Å²) in [5.74, 6) is -1.54. The van der Waals surface area contributed by atoms with Crippen LogP contribution in [0.1, 0.15) is 37.2 Å². The smallest absolute Gasteiger partial charge is 0.339 e. The molecule has 0 fully saturated rings. The predicted molar refractivity (Wildman–Crippen MR) is 106 cm³/mol. The third-order valence-corrected chi connectivity index (χ3v) is 4.24. The molecule has 0 radical (unpaired) electrons. The van der Waals surface area contributed by atoms with Crippen molar-refractivity contribution in [2.75, 3.05) is 0 Å². The summed E-state index contributed by atoms with van der Waals surface area (Å²) in [6.07, 6.45) is 0.334. The highest BCUT2D eigenvalue weighted by molar-refractivity contribution is 6.05. The molecule has 29 heavy (non-hydrogen) atoms. The maximum absolute atomic E-state index is 12.8. The van der Waals surface area contributed by atoms with Crippen molar-refractivity contribution < 1.29 is 19.1 Å². The molecule has 0 saturated heterocycles. The van der Waals surface area contributed by atoms with Crippen LogP contribution in [0.4, 0.5) is 4.79 Å². The fraction of sp³-hybridized carbons (Fsp3) is 0.250. The lowest BCUT2D eigenvalue weighted by atomic mass is 10.1. The summed E-state index contributed by atoms with van der Waals surface area (Å²) in [6, 6.07) is 9.98. The Kier molecular flexibility index (Phi) is 5.58. The molecule has 3 aromatic rings. The Balaban J connectivity index is 2.05. The molecule has 0 aliphatic rings. The maximum atomic E-state index is 12.8. The number of pyridine rings is 1. The average Bonchev–Trinajstić information content (AvgIpc) is 3.11. The predicted octanol–water partition coefficient (Wildman–Crippen LogP) is 2.42. The molecule has 0 bridgehead atoms. The normalized spacial score (nSPS) is 12.0. The third-order valence-electron chi connectivity index (χ3n) is 4.24. The number of aromatic nitrogens is 3. The Morgan fingerprint density at radius 3 is 2.45 bits per heavy atom. The molecule has 2 heterocycles. The van der Waals surface area contributed by atoms with Gasteiger partial charge in [-0.15, -0.1) is 0 Å². The zero-order chi connectivity index (χ0) is 21.1. The Morgan fingerprint density at radius 2 is 1.83 bits per heavy atom. The molecule has 150 valence electrons. The number of imide groups is 1. The van der Waals surface area contributed by atoms with E-state index in [1.165, 1.54) is 6.92 Å². The summed E-state index contributed by atoms with van der Waals surface area (Å²) in [5, 5.41) is 6.72. The zero-order valence-electron chi connectivity index (χ0n) is 16.2. The molecule has 0 aliphatic heterocycles. The van der Waals surface area contributed by atoms with Crippen molar-refractivity contribution >= 4 is 28.9 Å². The molecule has 9 heteroatoms. The van der Waals surface area contributed by atoms with Crippen LogP contribution in [0.5, 0.6) is 0 Å². The number of nitrogens with one attached hydrogen (secondary N) is 1. The number of hydrogen-bond donors (Lipinski definition) is 2. The summed E-state index contributed by atoms with van der Waals surface area (Å²) in [6.45, 7) is 5.26. The van der Waals surface area contributed by atoms with E-state index in [4.69, 9.17) is 10.5 Å². The average molecular weight is 395 g/mol. The lowest BCUT2D eigenvalue weighted by Gasteiger charge is -2.14. The molecular formula is C20H21N5O4. The topological polar surface area (TPSA) is 129 Å². The third kappa shape index (κ3) is 4.23. The Hall–Kier alpha value is -3.75. The minimum Gasteiger partial charge on any atom is -0.449 e. The molecule has 3 N–H and O–H groups in total. The summed E-state index contributed by atoms with van der Waals surface area (Å²) in [5.41, 5.74) is 7.07. The molecule has 2 aromatic heterocycles. The Labute approximate surface area is 166 Å². The van der Waals surface area contributed by atoms with Crippen LogP contribution < -0.4 is 11.1 Å². The van der Waals surface area contributed by atoms with Crippen LogP contribution in [-0.2, 0) is 9.53 Å². The molecular weight excluding hydrogens is 374 g/mol. The number of nitrogens with two attached hydrogens (primary N) is 1. The number of ether oxygens (including phenoxy) is 1. The number of fused-ring (bicyclic) bond motifs is 1. The molecule has 1 aromatic carbocycles. The highest BCUT2D eigenvalue weighted by Crippen LogP contribution is 2.27. The van der Waals surface area contributed by atoms with Gasteiger partial charge >= 0.3 is 12.0 Å². The zero-order valence-corrected chi connectivity index (χ0v) is 16.2. The van der Waals surface area contributed by atoms with Gasteiger partial charge in [-0.1, -0.05) is 30.3 Å². The van der Waals surface area contributed by atoms with Crippen LogP contribution in [0.15, 0.2) is 42.6 Å². The van der Waals surface area contributed by atoms with Gasteiger partial charge in [0, 0.05) is 11.6 Å². The monoisotopic (exact) mass is 395 g/mol. The fourth-order valence-corrected chi connectivity index (χ4v) is 2.82. The quantitative estimate of drug-likeness (QED) is 0.638. The van der Waals surface area contributed by atoms with Gasteiger partial charge in [0.1, 0.15) is 0 Å². The molecule has 0 saturated carbocycles. The number of rotatable bonds is 5. The number of benzene rings is 1. The van der Waals surface area contributed by atoms with Crippen molar-refractivity contribution in [2.45, 2.75) is 32.9 Å². The SMILES string of the molecule is CC(C)n1ncc2c(C(=O)O[C@H](C)C(=O)NC(N)=O)cc(-c3ccccc3)nc21. The minimum absolute atomic E-state index is 0.0233. The summed E-state index contributed by atoms with van der Waals surface area (Å²) < 4.78 is 6.95. The van der Waals surface area contributed by atoms with Crippen LogP contribution in [-0.4, -0.2) is 38.8 Å². The number of hydrogen-bond acceptors (Lipinski definition) is 6. The standard InChI is InChI=1S/C20H21N5O4/c1-11(2)25-17-15(10-22-25)14(9-16(23-17)13-7-5-4-6-8-13)19(27)29-12(3)18(26)24-20(21)28/h4-12H,1-3H3,(H3,21,24,26,28)/t12-/m1/s1. The number of esters is 1. The van der Waals surface area contributed by atoms with E-state index in [2.05, 4.69) is 10.1 Å². The van der Waals surface area contributed by atoms with Crippen LogP contribution in [0.2, 0.25) is 0 Å². The van der Waals surface area contributed by atoms with Gasteiger partial charge < -0.3 is 10.5 Å². The van der Waals surface area contributed by atoms with Crippen molar-refractivity contribution in [2.24, 2.45) is 5.73 Å². The Bertz CT molecular complexity index is 1080. The summed E-state index contributed by atoms with van der Waals surface area (Å²) in [7, 11) is 0. The van der Waals surface area contributed by atoms with Gasteiger partial charge in [-0.05, 0) is 26.8 Å². The molecule has 3 amide bonds. The second kappa shape index (κ2) is 8.09. The lowest BCUT2D eigenvalue weighted by Crippen LogP contribution is -2.42. The number of nitrogens with zero attached hydrogens (tertiary/aromatic N) is 3. The minimum atomic E-state index is -1.21. The van der Waals surface area contributed by atoms with Gasteiger partial charge in [-0.3, -0.25) is 10.1 Å². The maximum Gasteiger partial charge on any atom is 0.339 e. The molecule has 1 atom stereocenters. The van der Waals surface area contributed by atoms with Crippen molar-refractivity contribution in [3.63, 3.8) is 0 Å². The number of amides is 3. The van der Waals surface area contributed by atoms with Gasteiger partial charge in [0.15, 0.2) is 11.8 Å². The van der Waals surface area contributed by atoms with E-state index in [9.17, 15) is 14.4 Å². The first-order valence-electron chi connectivity index (χ1n) is 9.03. The highest BCUT2D eigenvalue weighted by Gasteiger charge is 2.24. The van der Waals surface area contributed by atoms with E-state index < -0.39 is 24.0 Å². The highest BCUT2D eigenvalue weighted by atomic mass is 16.5. The van der Waals surface area contributed by atoms with Crippen LogP contribution in [0, 0.1) is 0 Å². The van der Waals surface area contributed by atoms with Crippen LogP contribution in [0.3, 0.4) is 0 Å². The fourth-order valence-electron chi connectivity index (χ4n) is 2.82. The largest absolute Gasteiger partial charge is 0.449 e. The van der Waals surface area contributed by atoms with Crippen LogP contribution >= 0.6 is 0 Å². The number of carbonyl (C=O) groups is 3. The molecule has 0 spiro atoms. The van der Waals surface area contributed by atoms with E-state index in [0.717, 1.165) is 5.56 Å². The first-order chi connectivity index (χ1) is 13.8.